The van der Waals surface area contributed by atoms with Crippen LogP contribution in [0, 0.1) is 0 Å². The van der Waals surface area contributed by atoms with Crippen LogP contribution in [0.1, 0.15) is 21.5 Å². The highest BCUT2D eigenvalue weighted by atomic mass is 35.5. The molecular formula is C24H18ClN3O4. The monoisotopic (exact) mass is 447 g/mol. The lowest BCUT2D eigenvalue weighted by Crippen LogP contribution is -2.29. The Morgan fingerprint density at radius 1 is 1.06 bits per heavy atom. The molecule has 0 bridgehead atoms. The molecule has 7 nitrogen and oxygen atoms in total. The Labute approximate surface area is 189 Å². The Balaban J connectivity index is 1.48. The molecule has 3 aromatic carbocycles. The number of guanidine groups is 1. The summed E-state index contributed by atoms with van der Waals surface area (Å²) in [7, 11) is 0. The van der Waals surface area contributed by atoms with Gasteiger partial charge in [0.15, 0.2) is 0 Å². The van der Waals surface area contributed by atoms with E-state index < -0.39 is 5.97 Å². The van der Waals surface area contributed by atoms with E-state index in [-0.39, 0.29) is 23.8 Å². The van der Waals surface area contributed by atoms with Gasteiger partial charge < -0.3 is 15.2 Å². The zero-order valence-electron chi connectivity index (χ0n) is 16.7. The number of halogens is 1. The van der Waals surface area contributed by atoms with Gasteiger partial charge in [0.1, 0.15) is 18.1 Å². The van der Waals surface area contributed by atoms with Crippen molar-refractivity contribution >= 4 is 41.2 Å². The van der Waals surface area contributed by atoms with E-state index in [0.717, 1.165) is 11.3 Å². The fourth-order valence-corrected chi connectivity index (χ4v) is 3.11. The van der Waals surface area contributed by atoms with E-state index in [1.54, 1.807) is 48.5 Å². The highest BCUT2D eigenvalue weighted by molar-refractivity contribution is 6.30. The van der Waals surface area contributed by atoms with Crippen molar-refractivity contribution < 1.29 is 19.4 Å². The van der Waals surface area contributed by atoms with Crippen molar-refractivity contribution in [3.8, 4) is 5.75 Å². The molecule has 1 amide bonds. The van der Waals surface area contributed by atoms with Gasteiger partial charge in [0.2, 0.25) is 5.96 Å². The van der Waals surface area contributed by atoms with Crippen LogP contribution in [0.25, 0.3) is 6.08 Å². The van der Waals surface area contributed by atoms with Gasteiger partial charge in [-0.2, -0.15) is 0 Å². The molecule has 0 radical (unpaired) electrons. The number of amides is 1. The first-order chi connectivity index (χ1) is 15.5. The number of aliphatic imine (C=N–C) groups is 1. The number of aromatic carboxylic acids is 1. The summed E-state index contributed by atoms with van der Waals surface area (Å²) in [6, 6.07) is 20.8. The van der Waals surface area contributed by atoms with Gasteiger partial charge in [0, 0.05) is 16.3 Å². The maximum atomic E-state index is 12.4. The minimum absolute atomic E-state index is 0.215. The standard InChI is InChI=1S/C24H18ClN3O4/c25-18-9-11-19(12-10-18)26-24-27-20(22(29)28-24)13-17-3-1-2-4-21(17)32-14-15-5-7-16(8-6-15)23(30)31/h1-13H,14H2,(H,30,31)(H2,26,27,28,29)/b20-13+. The van der Waals surface area contributed by atoms with Gasteiger partial charge in [-0.3, -0.25) is 10.1 Å². The quantitative estimate of drug-likeness (QED) is 0.481. The largest absolute Gasteiger partial charge is 0.488 e. The van der Waals surface area contributed by atoms with Gasteiger partial charge in [-0.05, 0) is 54.1 Å². The maximum Gasteiger partial charge on any atom is 0.335 e. The first kappa shape index (κ1) is 21.1. The highest BCUT2D eigenvalue weighted by Crippen LogP contribution is 2.24. The summed E-state index contributed by atoms with van der Waals surface area (Å²) in [4.78, 5) is 27.7. The number of para-hydroxylation sites is 1. The van der Waals surface area contributed by atoms with Crippen molar-refractivity contribution in [1.29, 1.82) is 0 Å². The van der Waals surface area contributed by atoms with Crippen LogP contribution in [0.15, 0.2) is 83.5 Å². The number of nitrogens with one attached hydrogen (secondary N) is 2. The van der Waals surface area contributed by atoms with E-state index in [1.165, 1.54) is 12.1 Å². The first-order valence-electron chi connectivity index (χ1n) is 9.66. The number of hydrogen-bond donors (Lipinski definition) is 3. The number of rotatable bonds is 6. The Morgan fingerprint density at radius 3 is 2.50 bits per heavy atom. The molecule has 0 aromatic heterocycles. The van der Waals surface area contributed by atoms with Crippen LogP contribution in [0.3, 0.4) is 0 Å². The number of carboxylic acids is 1. The molecule has 4 rings (SSSR count). The van der Waals surface area contributed by atoms with E-state index in [0.29, 0.717) is 22.3 Å². The number of carbonyl (C=O) groups is 2. The van der Waals surface area contributed by atoms with Crippen molar-refractivity contribution in [2.24, 2.45) is 4.99 Å². The summed E-state index contributed by atoms with van der Waals surface area (Å²) in [5, 5.41) is 15.3. The molecule has 1 aliphatic heterocycles. The molecule has 160 valence electrons. The second kappa shape index (κ2) is 9.36. The van der Waals surface area contributed by atoms with Crippen LogP contribution in [0.5, 0.6) is 5.75 Å². The molecule has 0 saturated carbocycles. The van der Waals surface area contributed by atoms with E-state index in [1.807, 2.05) is 18.2 Å². The summed E-state index contributed by atoms with van der Waals surface area (Å²) < 4.78 is 5.90. The molecule has 0 spiro atoms. The minimum atomic E-state index is -0.977. The molecule has 32 heavy (non-hydrogen) atoms. The maximum absolute atomic E-state index is 12.4. The second-order valence-electron chi connectivity index (χ2n) is 6.90. The predicted octanol–water partition coefficient (Wildman–Crippen LogP) is 4.56. The molecule has 0 atom stereocenters. The minimum Gasteiger partial charge on any atom is -0.488 e. The number of nitrogens with zero attached hydrogens (tertiary/aromatic N) is 1. The van der Waals surface area contributed by atoms with Crippen molar-refractivity contribution in [3.05, 3.63) is 100 Å². The SMILES string of the molecule is O=C1NC(Nc2ccc(Cl)cc2)=N/C1=C/c1ccccc1OCc1ccc(C(=O)O)cc1. The lowest BCUT2D eigenvalue weighted by Gasteiger charge is -2.09. The van der Waals surface area contributed by atoms with Crippen molar-refractivity contribution in [2.75, 3.05) is 5.32 Å². The highest BCUT2D eigenvalue weighted by Gasteiger charge is 2.20. The lowest BCUT2D eigenvalue weighted by atomic mass is 10.1. The topological polar surface area (TPSA) is 100 Å². The number of carbonyl (C=O) groups excluding carboxylic acids is 1. The zero-order valence-corrected chi connectivity index (χ0v) is 17.5. The van der Waals surface area contributed by atoms with Crippen LogP contribution in [0.2, 0.25) is 5.02 Å². The van der Waals surface area contributed by atoms with Gasteiger partial charge >= 0.3 is 5.97 Å². The zero-order chi connectivity index (χ0) is 22.5. The smallest absolute Gasteiger partial charge is 0.335 e. The number of anilines is 1. The average molecular weight is 448 g/mol. The molecule has 3 aromatic rings. The summed E-state index contributed by atoms with van der Waals surface area (Å²) in [5.41, 5.74) is 2.71. The van der Waals surface area contributed by atoms with Gasteiger partial charge in [-0.25, -0.2) is 9.79 Å². The third-order valence-corrected chi connectivity index (χ3v) is 4.86. The number of carboxylic acid groups (broad SMARTS) is 1. The fraction of sp³-hybridized carbons (Fsp3) is 0.0417. The van der Waals surface area contributed by atoms with Gasteiger partial charge in [0.05, 0.1) is 5.56 Å². The normalized spacial score (nSPS) is 14.1. The van der Waals surface area contributed by atoms with E-state index in [4.69, 9.17) is 21.4 Å². The Kier molecular flexibility index (Phi) is 6.19. The fourth-order valence-electron chi connectivity index (χ4n) is 2.98. The van der Waals surface area contributed by atoms with Crippen LogP contribution in [-0.2, 0) is 11.4 Å². The summed E-state index contributed by atoms with van der Waals surface area (Å²) >= 11 is 5.89. The van der Waals surface area contributed by atoms with Crippen molar-refractivity contribution in [2.45, 2.75) is 6.61 Å². The first-order valence-corrected chi connectivity index (χ1v) is 10.0. The Bertz CT molecular complexity index is 1220. The number of hydrogen-bond acceptors (Lipinski definition) is 5. The molecule has 1 heterocycles. The molecular weight excluding hydrogens is 430 g/mol. The number of ether oxygens (including phenoxy) is 1. The Hall–Kier alpha value is -4.10. The van der Waals surface area contributed by atoms with Gasteiger partial charge in [-0.1, -0.05) is 41.9 Å². The summed E-state index contributed by atoms with van der Waals surface area (Å²) in [5.74, 6) is -0.416. The van der Waals surface area contributed by atoms with Crippen LogP contribution >= 0.6 is 11.6 Å². The van der Waals surface area contributed by atoms with Gasteiger partial charge in [0.25, 0.3) is 5.91 Å². The molecule has 3 N–H and O–H groups in total. The summed E-state index contributed by atoms with van der Waals surface area (Å²) in [6.45, 7) is 0.249. The number of benzene rings is 3. The van der Waals surface area contributed by atoms with E-state index >= 15 is 0 Å². The molecule has 0 fully saturated rings. The third kappa shape index (κ3) is 5.14. The third-order valence-electron chi connectivity index (χ3n) is 4.61. The summed E-state index contributed by atoms with van der Waals surface area (Å²) in [6.07, 6.45) is 1.65. The van der Waals surface area contributed by atoms with Crippen LogP contribution in [0.4, 0.5) is 5.69 Å². The molecule has 0 aliphatic carbocycles. The predicted molar refractivity (Wildman–Crippen MR) is 123 cm³/mol. The Morgan fingerprint density at radius 2 is 1.78 bits per heavy atom. The van der Waals surface area contributed by atoms with Gasteiger partial charge in [-0.15, -0.1) is 0 Å². The molecule has 1 aliphatic rings. The van der Waals surface area contributed by atoms with Crippen LogP contribution < -0.4 is 15.4 Å². The van der Waals surface area contributed by atoms with Crippen LogP contribution in [-0.4, -0.2) is 22.9 Å². The van der Waals surface area contributed by atoms with E-state index in [2.05, 4.69) is 15.6 Å². The van der Waals surface area contributed by atoms with Crippen molar-refractivity contribution in [1.82, 2.24) is 5.32 Å². The molecule has 0 unspecified atom stereocenters. The van der Waals surface area contributed by atoms with E-state index in [9.17, 15) is 9.59 Å². The lowest BCUT2D eigenvalue weighted by molar-refractivity contribution is -0.115. The van der Waals surface area contributed by atoms with Crippen molar-refractivity contribution in [3.63, 3.8) is 0 Å². The average Bonchev–Trinajstić information content (AvgIpc) is 3.13. The second-order valence-corrected chi connectivity index (χ2v) is 7.34. The molecule has 8 heteroatoms. The molecule has 0 saturated heterocycles.